The Bertz CT molecular complexity index is 668. The Labute approximate surface area is 152 Å². The summed E-state index contributed by atoms with van der Waals surface area (Å²) in [6.45, 7) is 0. The van der Waals surface area contributed by atoms with Crippen LogP contribution >= 0.6 is 81.2 Å². The zero-order chi connectivity index (χ0) is 16.4. The topological polar surface area (TPSA) is 74.6 Å². The van der Waals surface area contributed by atoms with Crippen molar-refractivity contribution in [2.75, 3.05) is 0 Å². The largest absolute Gasteiger partial charge is 0.480 e. The Morgan fingerprint density at radius 1 is 0.857 bits per heavy atom. The van der Waals surface area contributed by atoms with Crippen molar-refractivity contribution in [1.82, 2.24) is 0 Å². The van der Waals surface area contributed by atoms with Gasteiger partial charge in [0.1, 0.15) is 19.5 Å². The molecule has 0 aromatic carbocycles. The molecule has 4 aliphatic rings. The third kappa shape index (κ3) is 0.964. The number of carboxylic acid groups (broad SMARTS) is 2. The number of hydrogen-bond acceptors (Lipinski definition) is 2. The van der Waals surface area contributed by atoms with Gasteiger partial charge in [-0.2, -0.15) is 0 Å². The summed E-state index contributed by atoms with van der Waals surface area (Å²) in [5, 5.41) is 18.5. The summed E-state index contributed by atoms with van der Waals surface area (Å²) in [4.78, 5) is 9.69. The van der Waals surface area contributed by atoms with Crippen LogP contribution in [0.2, 0.25) is 0 Å². The van der Waals surface area contributed by atoms with Crippen LogP contribution < -0.4 is 0 Å². The third-order valence-corrected chi connectivity index (χ3v) is 10.4. The normalized spacial score (nSPS) is 60.4. The molecule has 116 valence electrons. The van der Waals surface area contributed by atoms with E-state index in [1.165, 1.54) is 0 Å². The lowest BCUT2D eigenvalue weighted by Gasteiger charge is -2.87. The lowest BCUT2D eigenvalue weighted by atomic mass is 9.31. The number of carboxylic acids is 2. The molecule has 0 spiro atoms. The highest BCUT2D eigenvalue weighted by Gasteiger charge is 3.12. The van der Waals surface area contributed by atoms with Crippen molar-refractivity contribution in [2.45, 2.75) is 29.2 Å². The van der Waals surface area contributed by atoms with Gasteiger partial charge in [0.2, 0.25) is 0 Å². The molecule has 0 aromatic heterocycles. The van der Waals surface area contributed by atoms with Gasteiger partial charge in [0.15, 0.2) is 9.75 Å². The van der Waals surface area contributed by atoms with E-state index in [0.717, 1.165) is 6.08 Å². The Morgan fingerprint density at radius 3 is 1.67 bits per heavy atom. The highest BCUT2D eigenvalue weighted by molar-refractivity contribution is 6.70. The number of carbonyl (C=O) groups is 2. The predicted molar refractivity (Wildman–Crippen MR) is 80.7 cm³/mol. The number of halogens is 7. The van der Waals surface area contributed by atoms with Crippen LogP contribution in [0.3, 0.4) is 0 Å². The maximum Gasteiger partial charge on any atom is 0.329 e. The van der Waals surface area contributed by atoms with Gasteiger partial charge >= 0.3 is 11.9 Å². The Balaban J connectivity index is 2.44. The molecule has 0 saturated heterocycles. The molecule has 2 N–H and O–H groups in total. The molecule has 0 amide bonds. The van der Waals surface area contributed by atoms with Crippen LogP contribution in [-0.4, -0.2) is 51.4 Å². The fraction of sp³-hybridized carbons (Fsp3) is 0.600. The maximum absolute atomic E-state index is 11.6. The fourth-order valence-corrected chi connectivity index (χ4v) is 8.43. The predicted octanol–water partition coefficient (Wildman–Crippen LogP) is 3.18. The van der Waals surface area contributed by atoms with Crippen LogP contribution in [0.15, 0.2) is 11.1 Å². The first-order chi connectivity index (χ1) is 9.26. The number of aliphatic carboxylic acids is 2. The summed E-state index contributed by atoms with van der Waals surface area (Å²) in [6.07, 6.45) is 1.00. The molecule has 21 heavy (non-hydrogen) atoms. The molecule has 2 saturated carbocycles. The van der Waals surface area contributed by atoms with Gasteiger partial charge in [-0.15, -0.1) is 69.6 Å². The first kappa shape index (κ1) is 16.6. The summed E-state index contributed by atoms with van der Waals surface area (Å²) >= 11 is 43.3. The Kier molecular flexibility index (Phi) is 2.91. The second-order valence-corrected chi connectivity index (χ2v) is 8.94. The summed E-state index contributed by atoms with van der Waals surface area (Å²) in [5.41, 5.74) is 0. The second kappa shape index (κ2) is 3.69. The molecule has 0 radical (unpaired) electrons. The molecule has 2 fully saturated rings. The van der Waals surface area contributed by atoms with E-state index in [-0.39, 0.29) is 5.03 Å². The van der Waals surface area contributed by atoms with Crippen LogP contribution in [0.5, 0.6) is 0 Å². The average molecular weight is 435 g/mol. The van der Waals surface area contributed by atoms with E-state index in [9.17, 15) is 19.8 Å². The summed E-state index contributed by atoms with van der Waals surface area (Å²) in [6, 6.07) is 0. The Morgan fingerprint density at radius 2 is 1.29 bits per heavy atom. The van der Waals surface area contributed by atoms with Crippen molar-refractivity contribution in [3.8, 4) is 0 Å². The minimum absolute atomic E-state index is 0.313. The van der Waals surface area contributed by atoms with Gasteiger partial charge in [0.25, 0.3) is 0 Å². The van der Waals surface area contributed by atoms with Gasteiger partial charge in [-0.3, -0.25) is 9.59 Å². The minimum Gasteiger partial charge on any atom is -0.480 e. The van der Waals surface area contributed by atoms with Gasteiger partial charge < -0.3 is 10.2 Å². The molecule has 0 heterocycles. The van der Waals surface area contributed by atoms with E-state index in [1.54, 1.807) is 0 Å². The number of allylic oxidation sites excluding steroid dienone is 2. The lowest BCUT2D eigenvalue weighted by Crippen LogP contribution is -3.11. The number of alkyl halides is 6. The lowest BCUT2D eigenvalue weighted by molar-refractivity contribution is -0.172. The number of rotatable bonds is 2. The van der Waals surface area contributed by atoms with E-state index in [2.05, 4.69) is 0 Å². The van der Waals surface area contributed by atoms with Crippen molar-refractivity contribution >= 4 is 93.1 Å². The molecule has 0 aromatic rings. The van der Waals surface area contributed by atoms with E-state index in [4.69, 9.17) is 81.2 Å². The van der Waals surface area contributed by atoms with Crippen molar-refractivity contribution in [1.29, 1.82) is 0 Å². The summed E-state index contributed by atoms with van der Waals surface area (Å²) in [5.74, 6) is -3.24. The van der Waals surface area contributed by atoms with Crippen LogP contribution in [0.4, 0.5) is 0 Å². The summed E-state index contributed by atoms with van der Waals surface area (Å²) in [7, 11) is 0. The van der Waals surface area contributed by atoms with Gasteiger partial charge in [0, 0.05) is 5.03 Å². The molecule has 11 heteroatoms. The smallest absolute Gasteiger partial charge is 0.329 e. The van der Waals surface area contributed by atoms with E-state index < -0.39 is 41.2 Å². The van der Waals surface area contributed by atoms with Crippen molar-refractivity contribution in [2.24, 2.45) is 0 Å². The van der Waals surface area contributed by atoms with E-state index >= 15 is 0 Å². The molecule has 4 bridgehead atoms. The van der Waals surface area contributed by atoms with Crippen LogP contribution in [0.1, 0.15) is 0 Å². The average Bonchev–Trinajstić information content (AvgIpc) is 2.39. The quantitative estimate of drug-likeness (QED) is 0.654. The standard InChI is InChI=1S/C10H3Cl7O4/c11-2-1-5(12)7(14,3(18)19)10(17)6(2,13)8(15,4(20)21)9(5,10)16/h1H,(H,18,19)(H,20,21)/t5-,6+,7-,8-,9+,10-/m1/s1. The number of hydrogen-bond donors (Lipinski definition) is 2. The van der Waals surface area contributed by atoms with Gasteiger partial charge in [0.05, 0.1) is 0 Å². The van der Waals surface area contributed by atoms with Gasteiger partial charge in [-0.1, -0.05) is 11.6 Å². The molecule has 6 atom stereocenters. The monoisotopic (exact) mass is 432 g/mol. The molecular formula is C10H3Cl7O4. The van der Waals surface area contributed by atoms with Crippen LogP contribution in [0, 0.1) is 0 Å². The zero-order valence-corrected chi connectivity index (χ0v) is 14.7. The first-order valence-corrected chi connectivity index (χ1v) is 7.90. The Hall–Kier alpha value is 0.710. The fourth-order valence-electron chi connectivity index (χ4n) is 3.69. The van der Waals surface area contributed by atoms with E-state index in [1.807, 2.05) is 0 Å². The first-order valence-electron chi connectivity index (χ1n) is 5.26. The molecule has 4 aliphatic carbocycles. The minimum atomic E-state index is -2.42. The highest BCUT2D eigenvalue weighted by atomic mass is 35.5. The third-order valence-electron chi connectivity index (χ3n) is 4.62. The van der Waals surface area contributed by atoms with Gasteiger partial charge in [-0.25, -0.2) is 0 Å². The highest BCUT2D eigenvalue weighted by Crippen LogP contribution is 2.92. The molecule has 0 aliphatic heterocycles. The second-order valence-electron chi connectivity index (χ2n) is 5.11. The molecule has 4 rings (SSSR count). The SMILES string of the molecule is O=C(O)[C@@]1(Cl)[C@]2(Cl)C=C(Cl)[C@]3(Cl)[C@](Cl)(C(=O)O)[C@]2(Cl)[C@]13Cl. The van der Waals surface area contributed by atoms with Crippen molar-refractivity contribution in [3.63, 3.8) is 0 Å². The molecule has 4 nitrogen and oxygen atoms in total. The summed E-state index contributed by atoms with van der Waals surface area (Å²) < 4.78 is 0. The molecule has 0 unspecified atom stereocenters. The van der Waals surface area contributed by atoms with Crippen molar-refractivity contribution in [3.05, 3.63) is 11.1 Å². The van der Waals surface area contributed by atoms with Gasteiger partial charge in [-0.05, 0) is 6.08 Å². The van der Waals surface area contributed by atoms with Crippen LogP contribution in [-0.2, 0) is 9.59 Å². The zero-order valence-electron chi connectivity index (χ0n) is 9.43. The van der Waals surface area contributed by atoms with Crippen molar-refractivity contribution < 1.29 is 19.8 Å². The maximum atomic E-state index is 11.6. The van der Waals surface area contributed by atoms with E-state index in [0.29, 0.717) is 0 Å². The molecular weight excluding hydrogens is 432 g/mol. The van der Waals surface area contributed by atoms with Crippen LogP contribution in [0.25, 0.3) is 0 Å².